The van der Waals surface area contributed by atoms with E-state index in [1.165, 1.54) is 12.8 Å². The molecule has 0 aromatic carbocycles. The second kappa shape index (κ2) is 9.98. The van der Waals surface area contributed by atoms with Crippen LogP contribution in [0.3, 0.4) is 0 Å². The molecule has 7 heteroatoms. The number of fused-ring (bicyclic) bond motifs is 2. The van der Waals surface area contributed by atoms with E-state index in [1.807, 2.05) is 25.1 Å². The van der Waals surface area contributed by atoms with Crippen LogP contribution in [0.5, 0.6) is 0 Å². The summed E-state index contributed by atoms with van der Waals surface area (Å²) in [6.45, 7) is 11.6. The van der Waals surface area contributed by atoms with Crippen LogP contribution in [0.2, 0.25) is 0 Å². The molecule has 3 atom stereocenters. The Morgan fingerprint density at radius 3 is 1.94 bits per heavy atom. The van der Waals surface area contributed by atoms with Crippen molar-refractivity contribution in [1.29, 1.82) is 0 Å². The number of rotatable bonds is 7. The maximum Gasteiger partial charge on any atom is 0.218 e. The molecule has 4 aliphatic rings. The van der Waals surface area contributed by atoms with Crippen molar-refractivity contribution in [2.75, 3.05) is 5.75 Å². The molecule has 206 valence electrons. The first kappa shape index (κ1) is 28.1. The summed E-state index contributed by atoms with van der Waals surface area (Å²) >= 11 is 0. The zero-order valence-corrected chi connectivity index (χ0v) is 24.5. The third kappa shape index (κ3) is 4.81. The van der Waals surface area contributed by atoms with Crippen molar-refractivity contribution >= 4 is 21.5 Å². The van der Waals surface area contributed by atoms with E-state index in [2.05, 4.69) is 13.8 Å². The quantitative estimate of drug-likeness (QED) is 0.231. The molecule has 0 radical (unpaired) electrons. The normalized spacial score (nSPS) is 32.1. The highest BCUT2D eigenvalue weighted by Crippen LogP contribution is 2.65. The monoisotopic (exact) mass is 522 g/mol. The van der Waals surface area contributed by atoms with Gasteiger partial charge < -0.3 is 5.21 Å². The molecular weight excluding hydrogens is 472 g/mol. The van der Waals surface area contributed by atoms with Crippen molar-refractivity contribution in [2.45, 2.75) is 143 Å². The summed E-state index contributed by atoms with van der Waals surface area (Å²) in [4.78, 5) is 13.1. The molecule has 0 aromatic rings. The number of ketones is 1. The molecule has 36 heavy (non-hydrogen) atoms. The number of hydroxylamine groups is 1. The van der Waals surface area contributed by atoms with Crippen LogP contribution < -0.4 is 0 Å². The van der Waals surface area contributed by atoms with Crippen molar-refractivity contribution in [1.82, 2.24) is 4.31 Å². The second-order valence-corrected chi connectivity index (χ2v) is 15.9. The van der Waals surface area contributed by atoms with Crippen molar-refractivity contribution < 1.29 is 18.0 Å². The first-order chi connectivity index (χ1) is 16.7. The summed E-state index contributed by atoms with van der Waals surface area (Å²) in [6, 6.07) is -0.612. The van der Waals surface area contributed by atoms with Gasteiger partial charge in [0, 0.05) is 30.8 Å². The van der Waals surface area contributed by atoms with Crippen molar-refractivity contribution in [2.24, 2.45) is 22.2 Å². The van der Waals surface area contributed by atoms with Gasteiger partial charge in [-0.2, -0.15) is 4.31 Å². The molecule has 4 fully saturated rings. The van der Waals surface area contributed by atoms with Crippen LogP contribution in [-0.4, -0.2) is 52.8 Å². The van der Waals surface area contributed by atoms with E-state index >= 15 is 0 Å². The van der Waals surface area contributed by atoms with Gasteiger partial charge in [0.05, 0.1) is 11.2 Å². The van der Waals surface area contributed by atoms with Crippen molar-refractivity contribution in [3.63, 3.8) is 0 Å². The van der Waals surface area contributed by atoms with E-state index in [9.17, 15) is 18.4 Å². The van der Waals surface area contributed by atoms with Gasteiger partial charge in [-0.1, -0.05) is 73.1 Å². The van der Waals surface area contributed by atoms with Gasteiger partial charge in [-0.3, -0.25) is 4.79 Å². The minimum atomic E-state index is -3.60. The summed E-state index contributed by atoms with van der Waals surface area (Å²) in [5.41, 5.74) is -0.933. The first-order valence-electron chi connectivity index (χ1n) is 14.6. The van der Waals surface area contributed by atoms with Gasteiger partial charge in [0.1, 0.15) is 0 Å². The Labute approximate surface area is 219 Å². The van der Waals surface area contributed by atoms with E-state index in [4.69, 9.17) is 0 Å². The molecule has 0 aliphatic heterocycles. The van der Waals surface area contributed by atoms with Gasteiger partial charge in [0.15, 0.2) is 5.71 Å². The Bertz CT molecular complexity index is 950. The van der Waals surface area contributed by atoms with Crippen LogP contribution in [0, 0.1) is 27.4 Å². The topological polar surface area (TPSA) is 80.5 Å². The lowest BCUT2D eigenvalue weighted by Gasteiger charge is -2.44. The molecule has 4 aliphatic carbocycles. The van der Waals surface area contributed by atoms with Gasteiger partial charge in [0.2, 0.25) is 21.8 Å². The minimum absolute atomic E-state index is 0.0149. The molecule has 4 rings (SSSR count). The minimum Gasteiger partial charge on any atom is -0.623 e. The van der Waals surface area contributed by atoms with Crippen LogP contribution in [0.4, 0.5) is 0 Å². The first-order valence-corrected chi connectivity index (χ1v) is 16.2. The van der Waals surface area contributed by atoms with Crippen LogP contribution in [0.15, 0.2) is 0 Å². The highest BCUT2D eigenvalue weighted by atomic mass is 32.2. The Morgan fingerprint density at radius 1 is 1.00 bits per heavy atom. The third-order valence-corrected chi connectivity index (χ3v) is 12.6. The Morgan fingerprint density at radius 2 is 1.50 bits per heavy atom. The summed E-state index contributed by atoms with van der Waals surface area (Å²) in [6.07, 6.45) is 12.9. The molecule has 0 saturated heterocycles. The smallest absolute Gasteiger partial charge is 0.218 e. The standard InChI is InChI=1S/C29H50N2O4S/c1-21(26(32)27(2,3)4)30(33)25-19-22-17-18-29(25,28(22,5)6)20-36(34,35)31(23-13-9-7-10-14-23)24-15-11-8-12-16-24/h21-24H,7-20H2,1-6H3/b30-25-/t21-,22+,29+/m0/s1. The van der Waals surface area contributed by atoms with E-state index in [1.54, 1.807) is 6.92 Å². The van der Waals surface area contributed by atoms with Gasteiger partial charge in [0.25, 0.3) is 0 Å². The second-order valence-electron chi connectivity index (χ2n) is 14.0. The van der Waals surface area contributed by atoms with E-state index < -0.39 is 26.9 Å². The Hall–Kier alpha value is -0.950. The summed E-state index contributed by atoms with van der Waals surface area (Å²) < 4.78 is 31.9. The molecule has 0 unspecified atom stereocenters. The lowest BCUT2D eigenvalue weighted by Crippen LogP contribution is -2.55. The molecule has 4 saturated carbocycles. The zero-order valence-electron chi connectivity index (χ0n) is 23.6. The molecular formula is C29H50N2O4S. The Kier molecular flexibility index (Phi) is 7.78. The summed E-state index contributed by atoms with van der Waals surface area (Å²) in [5.74, 6) is 0.213. The molecule has 0 amide bonds. The maximum absolute atomic E-state index is 14.5. The SMILES string of the molecule is C[C@@H](C(=O)C(C)(C)C)/[N+]([O-])=C1\C[C@H]2CC[C@]1(CS(=O)(=O)N(C1CCCCC1)C1CCCCC1)C2(C)C. The van der Waals surface area contributed by atoms with Crippen LogP contribution in [-0.2, 0) is 14.8 Å². The van der Waals surface area contributed by atoms with E-state index in [0.29, 0.717) is 12.1 Å². The average Bonchev–Trinajstić information content (AvgIpc) is 3.18. The third-order valence-electron chi connectivity index (χ3n) is 10.5. The number of carbonyl (C=O) groups is 1. The van der Waals surface area contributed by atoms with Crippen LogP contribution >= 0.6 is 0 Å². The number of Topliss-reactive ketones (excluding diaryl/α,β-unsaturated/α-hetero) is 1. The highest BCUT2D eigenvalue weighted by molar-refractivity contribution is 7.89. The predicted octanol–water partition coefficient (Wildman–Crippen LogP) is 6.06. The molecule has 6 nitrogen and oxygen atoms in total. The molecule has 2 bridgehead atoms. The average molecular weight is 523 g/mol. The highest BCUT2D eigenvalue weighted by Gasteiger charge is 2.68. The molecule has 0 spiro atoms. The Balaban J connectivity index is 1.74. The van der Waals surface area contributed by atoms with Gasteiger partial charge >= 0.3 is 0 Å². The molecule has 0 heterocycles. The number of nitrogens with zero attached hydrogens (tertiary/aromatic N) is 2. The van der Waals surface area contributed by atoms with E-state index in [0.717, 1.165) is 68.9 Å². The van der Waals surface area contributed by atoms with Crippen LogP contribution in [0.1, 0.15) is 125 Å². The lowest BCUT2D eigenvalue weighted by atomic mass is 9.70. The summed E-state index contributed by atoms with van der Waals surface area (Å²) in [7, 11) is -3.60. The van der Waals surface area contributed by atoms with Gasteiger partial charge in [-0.15, -0.1) is 0 Å². The zero-order chi connectivity index (χ0) is 26.5. The van der Waals surface area contributed by atoms with Gasteiger partial charge in [-0.05, 0) is 49.9 Å². The number of carbonyl (C=O) groups excluding carboxylic acids is 1. The molecule has 0 N–H and O–H groups in total. The lowest BCUT2D eigenvalue weighted by molar-refractivity contribution is -0.488. The fourth-order valence-electron chi connectivity index (χ4n) is 8.22. The summed E-state index contributed by atoms with van der Waals surface area (Å²) in [5, 5.41) is 13.8. The largest absolute Gasteiger partial charge is 0.623 e. The number of sulfonamides is 1. The van der Waals surface area contributed by atoms with Crippen molar-refractivity contribution in [3.05, 3.63) is 5.21 Å². The van der Waals surface area contributed by atoms with Crippen molar-refractivity contribution in [3.8, 4) is 0 Å². The number of hydrogen-bond acceptors (Lipinski definition) is 4. The van der Waals surface area contributed by atoms with E-state index in [-0.39, 0.29) is 35.0 Å². The van der Waals surface area contributed by atoms with Gasteiger partial charge in [-0.25, -0.2) is 13.2 Å². The van der Waals surface area contributed by atoms with Crippen LogP contribution in [0.25, 0.3) is 0 Å². The fourth-order valence-corrected chi connectivity index (χ4v) is 11.0. The molecule has 0 aromatic heterocycles. The fraction of sp³-hybridized carbons (Fsp3) is 0.931. The number of hydrogen-bond donors (Lipinski definition) is 0. The maximum atomic E-state index is 14.5. The predicted molar refractivity (Wildman–Crippen MR) is 145 cm³/mol.